The van der Waals surface area contributed by atoms with Crippen molar-refractivity contribution < 1.29 is 89.4 Å². The summed E-state index contributed by atoms with van der Waals surface area (Å²) >= 11 is 0. The van der Waals surface area contributed by atoms with Crippen LogP contribution in [0.25, 0.3) is 0 Å². The molecular formula is C87H163NO18. The molecular weight excluding hydrogens is 1350 g/mol. The van der Waals surface area contributed by atoms with Crippen LogP contribution in [0, 0.1) is 0 Å². The van der Waals surface area contributed by atoms with Crippen molar-refractivity contribution in [1.29, 1.82) is 0 Å². The number of amides is 1. The molecule has 3 saturated heterocycles. The number of carbonyl (C=O) groups excluding carboxylic acids is 1. The number of hydrogen-bond acceptors (Lipinski definition) is 18. The Balaban J connectivity index is 1.36. The average molecular weight is 1510 g/mol. The highest BCUT2D eigenvalue weighted by molar-refractivity contribution is 5.76. The Hall–Kier alpha value is -1.99. The zero-order chi connectivity index (χ0) is 76.7. The van der Waals surface area contributed by atoms with E-state index in [4.69, 9.17) is 28.4 Å². The SMILES string of the molecule is CCCCCCCCCCCCCCCCCCCCCCCC/C=C/CC/C=C/CC/C=C/C(O)C(COC1OC(CO)C(OC2OC(CO)C(OC3OC(CO)C(O)C(O)C3O)C(O)C2O)C(O)C1O)NC(=O)CCCCCCCCCCCCCCCCCCCCCCCCCCCCCCC. The largest absolute Gasteiger partial charge is 0.394 e. The number of rotatable bonds is 72. The minimum atomic E-state index is -1.98. The van der Waals surface area contributed by atoms with Gasteiger partial charge in [0.25, 0.3) is 0 Å². The van der Waals surface area contributed by atoms with Gasteiger partial charge in [-0.1, -0.05) is 365 Å². The fraction of sp³-hybridized carbons (Fsp3) is 0.920. The van der Waals surface area contributed by atoms with E-state index < -0.39 is 124 Å². The molecule has 19 heteroatoms. The second-order valence-corrected chi connectivity index (χ2v) is 31.7. The van der Waals surface area contributed by atoms with Gasteiger partial charge >= 0.3 is 0 Å². The van der Waals surface area contributed by atoms with E-state index in [0.29, 0.717) is 12.8 Å². The normalized spacial score (nSPS) is 25.8. The van der Waals surface area contributed by atoms with E-state index in [0.717, 1.165) is 44.9 Å². The lowest BCUT2D eigenvalue weighted by Crippen LogP contribution is -2.66. The van der Waals surface area contributed by atoms with Gasteiger partial charge in [0.2, 0.25) is 5.91 Å². The Morgan fingerprint density at radius 3 is 0.943 bits per heavy atom. The first-order valence-corrected chi connectivity index (χ1v) is 44.2. The third-order valence-electron chi connectivity index (χ3n) is 22.2. The summed E-state index contributed by atoms with van der Waals surface area (Å²) in [5.74, 6) is -0.281. The molecule has 0 aliphatic carbocycles. The molecule has 3 aliphatic heterocycles. The van der Waals surface area contributed by atoms with Crippen LogP contribution in [-0.2, 0) is 33.2 Å². The van der Waals surface area contributed by atoms with E-state index in [-0.39, 0.29) is 18.9 Å². The predicted octanol–water partition coefficient (Wildman–Crippen LogP) is 16.2. The summed E-state index contributed by atoms with van der Waals surface area (Å²) in [5, 5.41) is 121. The standard InChI is InChI=1S/C87H163NO18/c1-3-5-7-9-11-13-15-17-19-21-23-25-27-29-31-33-34-35-37-38-40-42-44-46-48-50-52-54-56-58-60-62-64-71(92)70(88-75(93)65-63-61-59-57-55-53-51-49-47-45-43-41-39-36-32-30-28-26-24-22-20-18-16-14-12-10-8-6-4-2)69-101-85-81(99)78(96)83(73(67-90)103-85)106-87-82(100)79(97)84(74(68-91)104-87)105-86-80(98)77(95)76(94)72(66-89)102-86/h46,48,54,56,62,64,70-74,76-87,89-92,94-100H,3-45,47,49-53,55,57-61,63,65-69H2,1-2H3,(H,88,93)/b48-46+,56-54+,64-62+. The Kier molecular flexibility index (Phi) is 62.5. The zero-order valence-electron chi connectivity index (χ0n) is 67.2. The van der Waals surface area contributed by atoms with Crippen molar-refractivity contribution in [2.45, 2.75) is 484 Å². The van der Waals surface area contributed by atoms with E-state index in [2.05, 4.69) is 43.5 Å². The van der Waals surface area contributed by atoms with Gasteiger partial charge in [-0.2, -0.15) is 0 Å². The zero-order valence-corrected chi connectivity index (χ0v) is 67.2. The Morgan fingerprint density at radius 1 is 0.330 bits per heavy atom. The number of allylic oxidation sites excluding steroid dienone is 5. The van der Waals surface area contributed by atoms with Gasteiger partial charge in [0.05, 0.1) is 38.6 Å². The van der Waals surface area contributed by atoms with Crippen molar-refractivity contribution >= 4 is 5.91 Å². The van der Waals surface area contributed by atoms with Crippen LogP contribution in [0.5, 0.6) is 0 Å². The van der Waals surface area contributed by atoms with Gasteiger partial charge in [-0.05, 0) is 44.9 Å². The minimum absolute atomic E-state index is 0.237. The molecule has 3 rings (SSSR count). The lowest BCUT2D eigenvalue weighted by Gasteiger charge is -2.48. The molecule has 0 aromatic heterocycles. The molecule has 1 amide bonds. The molecule has 3 fully saturated rings. The molecule has 624 valence electrons. The first-order chi connectivity index (χ1) is 51.8. The quantitative estimate of drug-likeness (QED) is 0.0199. The third kappa shape index (κ3) is 46.3. The van der Waals surface area contributed by atoms with E-state index >= 15 is 0 Å². The van der Waals surface area contributed by atoms with Crippen LogP contribution in [0.4, 0.5) is 0 Å². The first kappa shape index (κ1) is 98.2. The van der Waals surface area contributed by atoms with Gasteiger partial charge in [-0.15, -0.1) is 0 Å². The van der Waals surface area contributed by atoms with Gasteiger partial charge in [0.15, 0.2) is 18.9 Å². The molecule has 19 nitrogen and oxygen atoms in total. The lowest BCUT2D eigenvalue weighted by atomic mass is 9.96. The number of carbonyl (C=O) groups is 1. The summed E-state index contributed by atoms with van der Waals surface area (Å²) in [5.41, 5.74) is 0. The topological polar surface area (TPSA) is 307 Å². The van der Waals surface area contributed by atoms with Crippen molar-refractivity contribution in [3.8, 4) is 0 Å². The van der Waals surface area contributed by atoms with Crippen LogP contribution in [0.1, 0.15) is 380 Å². The predicted molar refractivity (Wildman–Crippen MR) is 425 cm³/mol. The second kappa shape index (κ2) is 67.5. The monoisotopic (exact) mass is 1510 g/mol. The van der Waals surface area contributed by atoms with Crippen molar-refractivity contribution in [2.75, 3.05) is 26.4 Å². The van der Waals surface area contributed by atoms with Crippen molar-refractivity contribution in [3.63, 3.8) is 0 Å². The number of nitrogens with one attached hydrogen (secondary N) is 1. The molecule has 0 aromatic rings. The highest BCUT2D eigenvalue weighted by atomic mass is 16.8. The molecule has 0 saturated carbocycles. The minimum Gasteiger partial charge on any atom is -0.394 e. The van der Waals surface area contributed by atoms with Crippen molar-refractivity contribution in [3.05, 3.63) is 36.5 Å². The Bertz CT molecular complexity index is 2050. The summed E-state index contributed by atoms with van der Waals surface area (Å²) in [6.07, 6.45) is 58.8. The maximum absolute atomic E-state index is 13.5. The molecule has 3 aliphatic rings. The number of unbranched alkanes of at least 4 members (excludes halogenated alkanes) is 52. The van der Waals surface area contributed by atoms with E-state index in [1.54, 1.807) is 6.08 Å². The maximum atomic E-state index is 13.5. The molecule has 12 N–H and O–H groups in total. The summed E-state index contributed by atoms with van der Waals surface area (Å²) < 4.78 is 34.5. The van der Waals surface area contributed by atoms with Crippen LogP contribution in [0.2, 0.25) is 0 Å². The first-order valence-electron chi connectivity index (χ1n) is 44.2. The molecule has 3 heterocycles. The molecule has 17 atom stereocenters. The summed E-state index contributed by atoms with van der Waals surface area (Å²) in [6, 6.07) is -0.997. The highest BCUT2D eigenvalue weighted by Crippen LogP contribution is 2.34. The van der Waals surface area contributed by atoms with E-state index in [1.807, 2.05) is 6.08 Å². The van der Waals surface area contributed by atoms with Crippen molar-refractivity contribution in [1.82, 2.24) is 5.32 Å². The lowest BCUT2D eigenvalue weighted by molar-refractivity contribution is -0.379. The fourth-order valence-corrected chi connectivity index (χ4v) is 15.1. The van der Waals surface area contributed by atoms with Crippen molar-refractivity contribution in [2.24, 2.45) is 0 Å². The van der Waals surface area contributed by atoms with Crippen LogP contribution in [0.3, 0.4) is 0 Å². The van der Waals surface area contributed by atoms with Crippen LogP contribution >= 0.6 is 0 Å². The maximum Gasteiger partial charge on any atom is 0.220 e. The highest BCUT2D eigenvalue weighted by Gasteiger charge is 2.54. The van der Waals surface area contributed by atoms with Crippen LogP contribution in [-0.4, -0.2) is 193 Å². The smallest absolute Gasteiger partial charge is 0.220 e. The Morgan fingerprint density at radius 2 is 0.604 bits per heavy atom. The summed E-state index contributed by atoms with van der Waals surface area (Å²) in [7, 11) is 0. The number of aliphatic hydroxyl groups excluding tert-OH is 11. The van der Waals surface area contributed by atoms with Gasteiger partial charge < -0.3 is 89.9 Å². The molecule has 0 radical (unpaired) electrons. The molecule has 0 aromatic carbocycles. The van der Waals surface area contributed by atoms with Gasteiger partial charge in [0.1, 0.15) is 73.2 Å². The summed E-state index contributed by atoms with van der Waals surface area (Å²) in [6.45, 7) is 1.78. The summed E-state index contributed by atoms with van der Waals surface area (Å²) in [4.78, 5) is 13.5. The average Bonchev–Trinajstić information content (AvgIpc) is 0.781. The van der Waals surface area contributed by atoms with E-state index in [1.165, 1.54) is 302 Å². The van der Waals surface area contributed by atoms with Crippen LogP contribution < -0.4 is 5.32 Å². The molecule has 17 unspecified atom stereocenters. The number of ether oxygens (including phenoxy) is 6. The van der Waals surface area contributed by atoms with Gasteiger partial charge in [-0.25, -0.2) is 0 Å². The fourth-order valence-electron chi connectivity index (χ4n) is 15.1. The van der Waals surface area contributed by atoms with Gasteiger partial charge in [-0.3, -0.25) is 4.79 Å². The molecule has 106 heavy (non-hydrogen) atoms. The molecule has 0 spiro atoms. The molecule has 0 bridgehead atoms. The number of aliphatic hydroxyl groups is 11. The van der Waals surface area contributed by atoms with E-state index in [9.17, 15) is 61.0 Å². The van der Waals surface area contributed by atoms with Gasteiger partial charge in [0, 0.05) is 6.42 Å². The second-order valence-electron chi connectivity index (χ2n) is 31.7. The number of hydrogen-bond donors (Lipinski definition) is 12. The van der Waals surface area contributed by atoms with Crippen LogP contribution in [0.15, 0.2) is 36.5 Å². The third-order valence-corrected chi connectivity index (χ3v) is 22.2. The Labute approximate surface area is 644 Å².